The molecule has 2 aromatic heterocycles. The van der Waals surface area contributed by atoms with Crippen molar-refractivity contribution in [2.75, 3.05) is 26.2 Å². The number of carboxylic acid groups (broad SMARTS) is 2. The lowest BCUT2D eigenvalue weighted by molar-refractivity contribution is 0.0850. The average molecular weight is 878 g/mol. The summed E-state index contributed by atoms with van der Waals surface area (Å²) >= 11 is 0. The Morgan fingerprint density at radius 1 is 0.585 bits per heavy atom. The van der Waals surface area contributed by atoms with Crippen molar-refractivity contribution in [1.82, 2.24) is 33.0 Å². The molecule has 0 saturated carbocycles. The van der Waals surface area contributed by atoms with Crippen molar-refractivity contribution >= 4 is 40.2 Å². The van der Waals surface area contributed by atoms with E-state index in [9.17, 15) is 29.1 Å². The number of carbonyl (C=O) groups is 3. The summed E-state index contributed by atoms with van der Waals surface area (Å²) in [6.45, 7) is 3.71. The van der Waals surface area contributed by atoms with Gasteiger partial charge in [0.15, 0.2) is 0 Å². The Morgan fingerprint density at radius 3 is 1.65 bits per heavy atom. The first kappa shape index (κ1) is 44.4. The molecule has 7 aromatic rings. The van der Waals surface area contributed by atoms with Gasteiger partial charge in [-0.2, -0.15) is 0 Å². The van der Waals surface area contributed by atoms with E-state index in [1.54, 1.807) is 46.5 Å². The number of carbonyl (C=O) groups excluding carboxylic acids is 1. The van der Waals surface area contributed by atoms with Crippen LogP contribution in [0.15, 0.2) is 149 Å². The van der Waals surface area contributed by atoms with Crippen molar-refractivity contribution in [3.8, 4) is 0 Å². The van der Waals surface area contributed by atoms with Crippen LogP contribution in [-0.2, 0) is 20.1 Å². The molecule has 2 saturated heterocycles. The molecule has 336 valence electrons. The van der Waals surface area contributed by atoms with E-state index in [2.05, 4.69) is 53.4 Å². The minimum absolute atomic E-state index is 0.0278. The van der Waals surface area contributed by atoms with Crippen LogP contribution >= 0.6 is 0 Å². The van der Waals surface area contributed by atoms with Crippen LogP contribution in [0.5, 0.6) is 0 Å². The number of aryl methyl sites for hydroxylation is 1. The average Bonchev–Trinajstić information content (AvgIpc) is 3.77. The maximum absolute atomic E-state index is 13.9. The van der Waals surface area contributed by atoms with Crippen LogP contribution in [0, 0.1) is 0 Å². The number of likely N-dealkylation sites (tertiary alicyclic amines) is 2. The number of piperidine rings is 2. The highest BCUT2D eigenvalue weighted by Crippen LogP contribution is 2.32. The summed E-state index contributed by atoms with van der Waals surface area (Å²) in [5, 5.41) is 19.1. The fourth-order valence-electron chi connectivity index (χ4n) is 9.65. The fourth-order valence-corrected chi connectivity index (χ4v) is 9.65. The number of aromatic nitrogens is 4. The first-order valence-electron chi connectivity index (χ1n) is 22.3. The van der Waals surface area contributed by atoms with Crippen LogP contribution in [-0.4, -0.2) is 93.5 Å². The Kier molecular flexibility index (Phi) is 13.7. The molecule has 0 aliphatic carbocycles. The predicted octanol–water partition coefficient (Wildman–Crippen LogP) is 8.31. The number of hydrogen-bond acceptors (Lipinski definition) is 6. The van der Waals surface area contributed by atoms with Crippen LogP contribution in [0.25, 0.3) is 22.1 Å². The molecule has 2 N–H and O–H groups in total. The third-order valence-electron chi connectivity index (χ3n) is 12.9. The van der Waals surface area contributed by atoms with Crippen LogP contribution in [0.3, 0.4) is 0 Å². The molecule has 2 aliphatic heterocycles. The lowest BCUT2D eigenvalue weighted by atomic mass is 9.93. The van der Waals surface area contributed by atoms with Gasteiger partial charge in [-0.25, -0.2) is 23.7 Å². The highest BCUT2D eigenvalue weighted by atomic mass is 16.4. The second kappa shape index (κ2) is 20.1. The molecule has 14 heteroatoms. The van der Waals surface area contributed by atoms with Gasteiger partial charge in [0.1, 0.15) is 0 Å². The Hall–Kier alpha value is -7.19. The maximum Gasteiger partial charge on any atom is 0.407 e. The van der Waals surface area contributed by atoms with Crippen molar-refractivity contribution in [2.24, 2.45) is 7.05 Å². The summed E-state index contributed by atoms with van der Waals surface area (Å²) in [5.41, 5.74) is 5.60. The zero-order chi connectivity index (χ0) is 45.5. The van der Waals surface area contributed by atoms with E-state index >= 15 is 0 Å². The van der Waals surface area contributed by atoms with Gasteiger partial charge >= 0.3 is 23.6 Å². The molecule has 14 nitrogen and oxygen atoms in total. The third-order valence-corrected chi connectivity index (χ3v) is 12.9. The summed E-state index contributed by atoms with van der Waals surface area (Å²) in [6, 6.07) is 44.3. The third kappa shape index (κ3) is 9.82. The second-order valence-electron chi connectivity index (χ2n) is 17.0. The standard InChI is InChI=1S/C37H38N4O4.C14H17N3O3/c42-35(30-17-8-3-9-18-30)41-34-21-11-10-20-33(34)40(36(41)43)32-22-24-39(37(44)45)31(25-32)19-12-23-38(26-28-13-4-1-5-14-28)27-29-15-6-2-7-16-29;1-15-11-4-2-3-5-12(11)17(13(15)18)10-6-8-16(9-7-10)14(19)20/h1-11,13-18,20-21,31-32H,12,19,22-27H2,(H,44,45);2-5,10H,6-9H2,1H3,(H,19,20)/t31-,32?;/m0./s1. The Balaban J connectivity index is 0.000000239. The maximum atomic E-state index is 13.9. The zero-order valence-electron chi connectivity index (χ0n) is 36.6. The van der Waals surface area contributed by atoms with Crippen molar-refractivity contribution in [2.45, 2.75) is 69.7 Å². The van der Waals surface area contributed by atoms with Gasteiger partial charge in [0.2, 0.25) is 0 Å². The molecule has 2 aliphatic rings. The minimum Gasteiger partial charge on any atom is -0.465 e. The first-order chi connectivity index (χ1) is 31.6. The molecule has 2 atom stereocenters. The highest BCUT2D eigenvalue weighted by Gasteiger charge is 2.35. The van der Waals surface area contributed by atoms with Gasteiger partial charge in [0, 0.05) is 63.5 Å². The molecule has 2 amide bonds. The van der Waals surface area contributed by atoms with E-state index in [0.717, 1.165) is 37.1 Å². The van der Waals surface area contributed by atoms with E-state index in [1.807, 2.05) is 65.2 Å². The number of fused-ring (bicyclic) bond motifs is 2. The Bertz CT molecular complexity index is 2820. The van der Waals surface area contributed by atoms with Crippen LogP contribution < -0.4 is 11.4 Å². The molecule has 0 spiro atoms. The van der Waals surface area contributed by atoms with E-state index in [4.69, 9.17) is 5.11 Å². The van der Waals surface area contributed by atoms with Crippen molar-refractivity contribution in [3.63, 3.8) is 0 Å². The molecule has 1 unspecified atom stereocenters. The van der Waals surface area contributed by atoms with Gasteiger partial charge in [-0.1, -0.05) is 103 Å². The summed E-state index contributed by atoms with van der Waals surface area (Å²) in [6.07, 6.45) is 2.05. The minimum atomic E-state index is -0.932. The lowest BCUT2D eigenvalue weighted by Gasteiger charge is -2.38. The number of rotatable bonds is 11. The van der Waals surface area contributed by atoms with Crippen molar-refractivity contribution < 1.29 is 24.6 Å². The molecule has 4 heterocycles. The summed E-state index contributed by atoms with van der Waals surface area (Å²) in [4.78, 5) is 68.5. The quantitative estimate of drug-likeness (QED) is 0.132. The fraction of sp³-hybridized carbons (Fsp3) is 0.314. The van der Waals surface area contributed by atoms with E-state index in [1.165, 1.54) is 25.5 Å². The van der Waals surface area contributed by atoms with Gasteiger partial charge in [0.05, 0.1) is 22.1 Å². The monoisotopic (exact) mass is 877 g/mol. The van der Waals surface area contributed by atoms with Gasteiger partial charge in [-0.05, 0) is 92.6 Å². The van der Waals surface area contributed by atoms with Gasteiger partial charge in [0.25, 0.3) is 5.91 Å². The Morgan fingerprint density at radius 2 is 1.08 bits per heavy atom. The van der Waals surface area contributed by atoms with Crippen molar-refractivity contribution in [3.05, 3.63) is 177 Å². The molecule has 2 fully saturated rings. The first-order valence-corrected chi connectivity index (χ1v) is 22.3. The highest BCUT2D eigenvalue weighted by molar-refractivity contribution is 6.01. The van der Waals surface area contributed by atoms with E-state index in [0.29, 0.717) is 68.3 Å². The van der Waals surface area contributed by atoms with E-state index in [-0.39, 0.29) is 35.4 Å². The molecule has 0 bridgehead atoms. The molecule has 9 rings (SSSR count). The van der Waals surface area contributed by atoms with Gasteiger partial charge < -0.3 is 20.0 Å². The van der Waals surface area contributed by atoms with Crippen molar-refractivity contribution in [1.29, 1.82) is 0 Å². The van der Waals surface area contributed by atoms with Gasteiger partial charge in [-0.15, -0.1) is 0 Å². The van der Waals surface area contributed by atoms with Crippen LogP contribution in [0.1, 0.15) is 72.1 Å². The molecule has 0 radical (unpaired) electrons. The van der Waals surface area contributed by atoms with E-state index < -0.39 is 12.2 Å². The number of benzene rings is 5. The number of imidazole rings is 2. The summed E-state index contributed by atoms with van der Waals surface area (Å²) < 4.78 is 6.45. The van der Waals surface area contributed by atoms with Gasteiger partial charge in [-0.3, -0.25) is 23.4 Å². The summed E-state index contributed by atoms with van der Waals surface area (Å²) in [5.74, 6) is -0.369. The lowest BCUT2D eigenvalue weighted by Crippen LogP contribution is -2.47. The smallest absolute Gasteiger partial charge is 0.407 e. The normalized spacial score (nSPS) is 16.7. The Labute approximate surface area is 376 Å². The SMILES string of the molecule is Cn1c(=O)n(C2CCN(C(=O)O)CC2)c2ccccc21.O=C(O)N1CCC(n2c(=O)n(C(=O)c3ccccc3)c3ccccc32)C[C@@H]1CCCN(Cc1ccccc1)Cc1ccccc1. The largest absolute Gasteiger partial charge is 0.465 e. The number of nitrogens with zero attached hydrogens (tertiary/aromatic N) is 7. The summed E-state index contributed by atoms with van der Waals surface area (Å²) in [7, 11) is 1.77. The van der Waals surface area contributed by atoms with Crippen LogP contribution in [0.4, 0.5) is 9.59 Å². The molecule has 5 aromatic carbocycles. The number of hydrogen-bond donors (Lipinski definition) is 2. The predicted molar refractivity (Wildman–Crippen MR) is 250 cm³/mol. The molecular formula is C51H55N7O7. The second-order valence-corrected chi connectivity index (χ2v) is 17.0. The topological polar surface area (TPSA) is 155 Å². The van der Waals surface area contributed by atoms with Crippen LogP contribution in [0.2, 0.25) is 0 Å². The molecule has 65 heavy (non-hydrogen) atoms. The number of para-hydroxylation sites is 4. The number of amides is 2. The molecular weight excluding hydrogens is 823 g/mol. The zero-order valence-corrected chi connectivity index (χ0v) is 36.6.